The van der Waals surface area contributed by atoms with Gasteiger partial charge in [-0.2, -0.15) is 0 Å². The van der Waals surface area contributed by atoms with Crippen molar-refractivity contribution in [1.82, 2.24) is 15.3 Å². The molecule has 0 spiro atoms. The molecule has 0 atom stereocenters. The van der Waals surface area contributed by atoms with Gasteiger partial charge in [0.1, 0.15) is 0 Å². The summed E-state index contributed by atoms with van der Waals surface area (Å²) in [5.41, 5.74) is 7.26. The van der Waals surface area contributed by atoms with Gasteiger partial charge in [0, 0.05) is 58.3 Å². The smallest absolute Gasteiger partial charge is 0.216 e. The first kappa shape index (κ1) is 17.6. The fraction of sp³-hybridized carbons (Fsp3) is 0.160. The minimum absolute atomic E-state index is 0.0104. The molecule has 3 aromatic carbocycles. The normalized spacial score (nSPS) is 11.5. The maximum Gasteiger partial charge on any atom is 0.216 e. The third kappa shape index (κ3) is 3.27. The number of hydrogen-bond acceptors (Lipinski definition) is 1. The summed E-state index contributed by atoms with van der Waals surface area (Å²) < 4.78 is 0. The van der Waals surface area contributed by atoms with Gasteiger partial charge in [0.15, 0.2) is 0 Å². The van der Waals surface area contributed by atoms with Gasteiger partial charge in [-0.3, -0.25) is 4.79 Å². The van der Waals surface area contributed by atoms with Crippen LogP contribution >= 0.6 is 0 Å². The highest BCUT2D eigenvalue weighted by molar-refractivity contribution is 6.07. The molecule has 2 aromatic heterocycles. The molecule has 1 amide bonds. The number of benzene rings is 3. The van der Waals surface area contributed by atoms with E-state index in [1.165, 1.54) is 38.5 Å². The quantitative estimate of drug-likeness (QED) is 0.391. The highest BCUT2D eigenvalue weighted by Gasteiger charge is 2.13. The molecule has 4 heteroatoms. The first-order chi connectivity index (χ1) is 14.2. The molecule has 3 N–H and O–H groups in total. The fourth-order valence-corrected chi connectivity index (χ4v) is 4.27. The summed E-state index contributed by atoms with van der Waals surface area (Å²) >= 11 is 0. The van der Waals surface area contributed by atoms with E-state index in [-0.39, 0.29) is 5.91 Å². The van der Waals surface area contributed by atoms with Gasteiger partial charge in [-0.15, -0.1) is 0 Å². The van der Waals surface area contributed by atoms with Crippen LogP contribution in [0.3, 0.4) is 0 Å². The SMILES string of the molecule is CC(=O)NCCc1c(Cc2ccc3[nH]c4ccccc4c3c2)[nH]c2ccccc12. The zero-order chi connectivity index (χ0) is 19.8. The molecule has 0 unspecified atom stereocenters. The highest BCUT2D eigenvalue weighted by Crippen LogP contribution is 2.29. The van der Waals surface area contributed by atoms with Crippen LogP contribution in [0, 0.1) is 0 Å². The van der Waals surface area contributed by atoms with Gasteiger partial charge >= 0.3 is 0 Å². The molecule has 4 nitrogen and oxygen atoms in total. The van der Waals surface area contributed by atoms with Crippen molar-refractivity contribution in [1.29, 1.82) is 0 Å². The van der Waals surface area contributed by atoms with E-state index in [0.717, 1.165) is 23.9 Å². The number of amides is 1. The van der Waals surface area contributed by atoms with Crippen molar-refractivity contribution in [2.75, 3.05) is 6.54 Å². The van der Waals surface area contributed by atoms with Crippen molar-refractivity contribution in [3.63, 3.8) is 0 Å². The average molecular weight is 381 g/mol. The average Bonchev–Trinajstić information content (AvgIpc) is 3.26. The van der Waals surface area contributed by atoms with E-state index >= 15 is 0 Å². The molecule has 0 fully saturated rings. The molecular formula is C25H23N3O. The van der Waals surface area contributed by atoms with Gasteiger partial charge in [0.2, 0.25) is 5.91 Å². The van der Waals surface area contributed by atoms with Crippen LogP contribution in [-0.2, 0) is 17.6 Å². The Labute approximate surface area is 168 Å². The number of rotatable bonds is 5. The number of fused-ring (bicyclic) bond motifs is 4. The zero-order valence-electron chi connectivity index (χ0n) is 16.4. The van der Waals surface area contributed by atoms with Crippen molar-refractivity contribution in [3.8, 4) is 0 Å². The molecule has 144 valence electrons. The number of nitrogens with one attached hydrogen (secondary N) is 3. The summed E-state index contributed by atoms with van der Waals surface area (Å²) in [7, 11) is 0. The molecule has 0 bridgehead atoms. The van der Waals surface area contributed by atoms with Gasteiger partial charge in [-0.05, 0) is 41.8 Å². The summed E-state index contributed by atoms with van der Waals surface area (Å²) in [5.74, 6) is 0.0104. The van der Waals surface area contributed by atoms with Gasteiger partial charge < -0.3 is 15.3 Å². The first-order valence-electron chi connectivity index (χ1n) is 10.0. The Hall–Kier alpha value is -3.53. The minimum Gasteiger partial charge on any atom is -0.358 e. The molecule has 0 aliphatic carbocycles. The third-order valence-electron chi connectivity index (χ3n) is 5.60. The summed E-state index contributed by atoms with van der Waals surface area (Å²) in [6.45, 7) is 2.21. The first-order valence-corrected chi connectivity index (χ1v) is 10.0. The maximum atomic E-state index is 11.3. The van der Waals surface area contributed by atoms with Gasteiger partial charge in [-0.1, -0.05) is 42.5 Å². The Morgan fingerprint density at radius 1 is 0.828 bits per heavy atom. The molecule has 5 aromatic rings. The summed E-state index contributed by atoms with van der Waals surface area (Å²) in [6, 6.07) is 23.5. The largest absolute Gasteiger partial charge is 0.358 e. The van der Waals surface area contributed by atoms with Gasteiger partial charge in [0.05, 0.1) is 0 Å². The minimum atomic E-state index is 0.0104. The van der Waals surface area contributed by atoms with Crippen molar-refractivity contribution < 1.29 is 4.79 Å². The van der Waals surface area contributed by atoms with Crippen molar-refractivity contribution in [2.24, 2.45) is 0 Å². The van der Waals surface area contributed by atoms with E-state index in [2.05, 4.69) is 82.0 Å². The number of hydrogen-bond donors (Lipinski definition) is 3. The molecule has 0 saturated heterocycles. The number of H-pyrrole nitrogens is 2. The Morgan fingerprint density at radius 2 is 1.52 bits per heavy atom. The van der Waals surface area contributed by atoms with Crippen molar-refractivity contribution in [2.45, 2.75) is 19.8 Å². The Balaban J connectivity index is 1.53. The summed E-state index contributed by atoms with van der Waals surface area (Å²) in [5, 5.41) is 6.68. The van der Waals surface area contributed by atoms with Crippen LogP contribution in [0.2, 0.25) is 0 Å². The molecule has 0 saturated carbocycles. The van der Waals surface area contributed by atoms with E-state index < -0.39 is 0 Å². The molecule has 0 aliphatic rings. The molecule has 0 aliphatic heterocycles. The maximum absolute atomic E-state index is 11.3. The Kier molecular flexibility index (Phi) is 4.32. The van der Waals surface area contributed by atoms with Crippen LogP contribution in [0.4, 0.5) is 0 Å². The summed E-state index contributed by atoms with van der Waals surface area (Å²) in [4.78, 5) is 18.4. The van der Waals surface area contributed by atoms with E-state index in [1.54, 1.807) is 6.92 Å². The van der Waals surface area contributed by atoms with Crippen molar-refractivity contribution in [3.05, 3.63) is 83.6 Å². The zero-order valence-corrected chi connectivity index (χ0v) is 16.4. The predicted molar refractivity (Wildman–Crippen MR) is 119 cm³/mol. The number of aromatic amines is 2. The number of carbonyl (C=O) groups excluding carboxylic acids is 1. The Bertz CT molecular complexity index is 1340. The lowest BCUT2D eigenvalue weighted by Gasteiger charge is -2.07. The predicted octanol–water partition coefficient (Wildman–Crippen LogP) is 5.07. The summed E-state index contributed by atoms with van der Waals surface area (Å²) in [6.07, 6.45) is 1.65. The van der Waals surface area contributed by atoms with Gasteiger partial charge in [-0.25, -0.2) is 0 Å². The lowest BCUT2D eigenvalue weighted by molar-refractivity contribution is -0.118. The second kappa shape index (κ2) is 7.13. The van der Waals surface area contributed by atoms with E-state index in [0.29, 0.717) is 6.54 Å². The standard InChI is InChI=1S/C25H23N3O/c1-16(29)26-13-12-20-18-6-2-4-8-22(18)28-25(20)15-17-10-11-24-21(14-17)19-7-3-5-9-23(19)27-24/h2-11,14,27-28H,12-13,15H2,1H3,(H,26,29). The Morgan fingerprint density at radius 3 is 2.31 bits per heavy atom. The number of aromatic nitrogens is 2. The van der Waals surface area contributed by atoms with Crippen LogP contribution in [0.5, 0.6) is 0 Å². The van der Waals surface area contributed by atoms with Crippen LogP contribution in [0.25, 0.3) is 32.7 Å². The molecule has 2 heterocycles. The lowest BCUT2D eigenvalue weighted by Crippen LogP contribution is -2.22. The molecule has 0 radical (unpaired) electrons. The lowest BCUT2D eigenvalue weighted by atomic mass is 10.0. The monoisotopic (exact) mass is 381 g/mol. The molecular weight excluding hydrogens is 358 g/mol. The fourth-order valence-electron chi connectivity index (χ4n) is 4.27. The number of carbonyl (C=O) groups is 1. The van der Waals surface area contributed by atoms with Crippen LogP contribution in [0.15, 0.2) is 66.7 Å². The number of para-hydroxylation sites is 2. The third-order valence-corrected chi connectivity index (χ3v) is 5.60. The van der Waals surface area contributed by atoms with Crippen LogP contribution in [0.1, 0.15) is 23.7 Å². The van der Waals surface area contributed by atoms with E-state index in [4.69, 9.17) is 0 Å². The molecule has 5 rings (SSSR count). The van der Waals surface area contributed by atoms with Crippen LogP contribution in [-0.4, -0.2) is 22.4 Å². The van der Waals surface area contributed by atoms with Gasteiger partial charge in [0.25, 0.3) is 0 Å². The highest BCUT2D eigenvalue weighted by atomic mass is 16.1. The van der Waals surface area contributed by atoms with Crippen molar-refractivity contribution >= 4 is 38.6 Å². The topological polar surface area (TPSA) is 60.7 Å². The second-order valence-electron chi connectivity index (χ2n) is 7.59. The second-order valence-corrected chi connectivity index (χ2v) is 7.59. The van der Waals surface area contributed by atoms with Crippen LogP contribution < -0.4 is 5.32 Å². The molecule has 29 heavy (non-hydrogen) atoms. The van der Waals surface area contributed by atoms with E-state index in [1.807, 2.05) is 0 Å². The van der Waals surface area contributed by atoms with E-state index in [9.17, 15) is 4.79 Å².